The molecule has 1 N–H and O–H groups in total. The first kappa shape index (κ1) is 20.7. The Morgan fingerprint density at radius 2 is 2.09 bits per heavy atom. The third-order valence-corrected chi connectivity index (χ3v) is 7.25. The van der Waals surface area contributed by atoms with Crippen molar-refractivity contribution < 1.29 is 14.4 Å². The number of para-hydroxylation sites is 1. The van der Waals surface area contributed by atoms with Crippen molar-refractivity contribution in [2.45, 2.75) is 57.0 Å². The summed E-state index contributed by atoms with van der Waals surface area (Å²) in [5.41, 5.74) is 1.68. The van der Waals surface area contributed by atoms with Gasteiger partial charge in [0.1, 0.15) is 5.66 Å². The van der Waals surface area contributed by atoms with E-state index in [1.54, 1.807) is 22.1 Å². The Labute approximate surface area is 187 Å². The van der Waals surface area contributed by atoms with E-state index in [2.05, 4.69) is 10.2 Å². The number of anilines is 1. The number of H-pyrrole nitrogens is 1. The maximum Gasteiger partial charge on any atom is 0.257 e. The molecule has 1 aromatic heterocycles. The SMILES string of the molecule is CC12CCC(=O)N1c1ccccc1C(=O)N2CCCC(=O)N1CCCC(c2ccn[nH]2)C1. The lowest BCUT2D eigenvalue weighted by Gasteiger charge is -2.48. The maximum absolute atomic E-state index is 13.3. The van der Waals surface area contributed by atoms with Crippen molar-refractivity contribution in [2.75, 3.05) is 24.5 Å². The molecular weight excluding hydrogens is 406 g/mol. The first-order valence-corrected chi connectivity index (χ1v) is 11.5. The van der Waals surface area contributed by atoms with Crippen LogP contribution in [0.4, 0.5) is 5.69 Å². The van der Waals surface area contributed by atoms with Gasteiger partial charge in [-0.2, -0.15) is 5.10 Å². The van der Waals surface area contributed by atoms with E-state index in [1.165, 1.54) is 0 Å². The Bertz CT molecular complexity index is 1040. The number of hydrogen-bond donors (Lipinski definition) is 1. The number of carbonyl (C=O) groups is 3. The highest BCUT2D eigenvalue weighted by molar-refractivity contribution is 6.10. The van der Waals surface area contributed by atoms with Gasteiger partial charge in [-0.15, -0.1) is 0 Å². The number of aromatic nitrogens is 2. The van der Waals surface area contributed by atoms with E-state index in [9.17, 15) is 14.4 Å². The number of piperidine rings is 1. The molecule has 0 radical (unpaired) electrons. The minimum Gasteiger partial charge on any atom is -0.342 e. The number of hydrogen-bond acceptors (Lipinski definition) is 4. The maximum atomic E-state index is 13.3. The monoisotopic (exact) mass is 435 g/mol. The van der Waals surface area contributed by atoms with Gasteiger partial charge < -0.3 is 9.80 Å². The van der Waals surface area contributed by atoms with Crippen LogP contribution in [0.5, 0.6) is 0 Å². The summed E-state index contributed by atoms with van der Waals surface area (Å²) in [6.07, 6.45) is 5.79. The number of carbonyl (C=O) groups excluding carboxylic acids is 3. The van der Waals surface area contributed by atoms with Gasteiger partial charge in [0.05, 0.1) is 11.3 Å². The second-order valence-corrected chi connectivity index (χ2v) is 9.21. The van der Waals surface area contributed by atoms with E-state index in [1.807, 2.05) is 36.1 Å². The highest BCUT2D eigenvalue weighted by Gasteiger charge is 2.52. The summed E-state index contributed by atoms with van der Waals surface area (Å²) in [4.78, 5) is 44.4. The molecule has 1 aromatic carbocycles. The van der Waals surface area contributed by atoms with Gasteiger partial charge in [-0.25, -0.2) is 0 Å². The number of likely N-dealkylation sites (tertiary alicyclic amines) is 1. The highest BCUT2D eigenvalue weighted by Crippen LogP contribution is 2.44. The molecule has 8 nitrogen and oxygen atoms in total. The molecule has 3 amide bonds. The number of benzene rings is 1. The largest absolute Gasteiger partial charge is 0.342 e. The molecule has 3 aliphatic heterocycles. The van der Waals surface area contributed by atoms with E-state index in [4.69, 9.17) is 0 Å². The molecule has 0 bridgehead atoms. The van der Waals surface area contributed by atoms with E-state index in [-0.39, 0.29) is 17.7 Å². The summed E-state index contributed by atoms with van der Waals surface area (Å²) >= 11 is 0. The van der Waals surface area contributed by atoms with Crippen molar-refractivity contribution in [3.05, 3.63) is 47.8 Å². The normalized spacial score (nSPS) is 25.2. The fraction of sp³-hybridized carbons (Fsp3) is 0.500. The zero-order valence-electron chi connectivity index (χ0n) is 18.4. The number of amides is 3. The summed E-state index contributed by atoms with van der Waals surface area (Å²) in [6, 6.07) is 9.30. The zero-order valence-corrected chi connectivity index (χ0v) is 18.4. The van der Waals surface area contributed by atoms with Crippen molar-refractivity contribution in [3.63, 3.8) is 0 Å². The van der Waals surface area contributed by atoms with Gasteiger partial charge in [0.15, 0.2) is 0 Å². The molecule has 2 aromatic rings. The van der Waals surface area contributed by atoms with Crippen LogP contribution >= 0.6 is 0 Å². The number of aromatic amines is 1. The standard InChI is InChI=1S/C24H29N5O3/c1-24-12-10-22(31)29(24)20-8-3-2-7-18(20)23(32)28(24)15-5-9-21(30)27-14-4-6-17(16-27)19-11-13-25-26-19/h2-3,7-8,11,13,17H,4-6,9-10,12,14-16H2,1H3,(H,25,26). The van der Waals surface area contributed by atoms with Crippen LogP contribution in [0.25, 0.3) is 0 Å². The molecule has 5 rings (SSSR count). The molecule has 0 spiro atoms. The Morgan fingerprint density at radius 3 is 2.91 bits per heavy atom. The number of nitrogens with zero attached hydrogens (tertiary/aromatic N) is 4. The Hall–Kier alpha value is -3.16. The summed E-state index contributed by atoms with van der Waals surface area (Å²) in [5.74, 6) is 0.418. The highest BCUT2D eigenvalue weighted by atomic mass is 16.2. The molecular formula is C24H29N5O3. The van der Waals surface area contributed by atoms with Gasteiger partial charge in [0, 0.05) is 50.3 Å². The average Bonchev–Trinajstić information content (AvgIpc) is 3.45. The number of rotatable bonds is 5. The minimum atomic E-state index is -0.664. The van der Waals surface area contributed by atoms with Gasteiger partial charge >= 0.3 is 0 Å². The van der Waals surface area contributed by atoms with Crippen LogP contribution in [0.2, 0.25) is 0 Å². The van der Waals surface area contributed by atoms with Crippen LogP contribution in [0.1, 0.15) is 67.4 Å². The molecule has 2 fully saturated rings. The molecule has 0 saturated carbocycles. The van der Waals surface area contributed by atoms with Crippen LogP contribution < -0.4 is 4.90 Å². The molecule has 2 unspecified atom stereocenters. The summed E-state index contributed by atoms with van der Waals surface area (Å²) < 4.78 is 0. The Kier molecular flexibility index (Phi) is 5.23. The van der Waals surface area contributed by atoms with Crippen molar-refractivity contribution in [1.29, 1.82) is 0 Å². The minimum absolute atomic E-state index is 0.0479. The lowest BCUT2D eigenvalue weighted by Crippen LogP contribution is -2.62. The fourth-order valence-corrected chi connectivity index (χ4v) is 5.54. The lowest BCUT2D eigenvalue weighted by molar-refractivity contribution is -0.132. The van der Waals surface area contributed by atoms with Gasteiger partial charge in [0.2, 0.25) is 11.8 Å². The van der Waals surface area contributed by atoms with Crippen LogP contribution in [0.15, 0.2) is 36.5 Å². The van der Waals surface area contributed by atoms with E-state index in [0.717, 1.165) is 25.1 Å². The second kappa shape index (κ2) is 8.07. The van der Waals surface area contributed by atoms with Crippen molar-refractivity contribution >= 4 is 23.4 Å². The molecule has 4 heterocycles. The van der Waals surface area contributed by atoms with Gasteiger partial charge in [0.25, 0.3) is 5.91 Å². The number of fused-ring (bicyclic) bond motifs is 3. The average molecular weight is 436 g/mol. The molecule has 32 heavy (non-hydrogen) atoms. The predicted molar refractivity (Wildman–Crippen MR) is 119 cm³/mol. The summed E-state index contributed by atoms with van der Waals surface area (Å²) in [6.45, 7) is 3.90. The molecule has 3 aliphatic rings. The molecule has 0 aliphatic carbocycles. The van der Waals surface area contributed by atoms with Crippen molar-refractivity contribution in [2.24, 2.45) is 0 Å². The topological polar surface area (TPSA) is 89.6 Å². The molecule has 168 valence electrons. The van der Waals surface area contributed by atoms with Crippen LogP contribution in [0, 0.1) is 0 Å². The molecule has 2 atom stereocenters. The second-order valence-electron chi connectivity index (χ2n) is 9.21. The van der Waals surface area contributed by atoms with Crippen molar-refractivity contribution in [3.8, 4) is 0 Å². The first-order valence-electron chi connectivity index (χ1n) is 11.5. The first-order chi connectivity index (χ1) is 15.5. The Balaban J connectivity index is 1.25. The van der Waals surface area contributed by atoms with Crippen molar-refractivity contribution in [1.82, 2.24) is 20.0 Å². The smallest absolute Gasteiger partial charge is 0.257 e. The van der Waals surface area contributed by atoms with Crippen LogP contribution in [0.3, 0.4) is 0 Å². The third kappa shape index (κ3) is 3.38. The van der Waals surface area contributed by atoms with Gasteiger partial charge in [-0.05, 0) is 50.8 Å². The third-order valence-electron chi connectivity index (χ3n) is 7.25. The van der Waals surface area contributed by atoms with Gasteiger partial charge in [-0.3, -0.25) is 24.4 Å². The van der Waals surface area contributed by atoms with E-state index < -0.39 is 5.66 Å². The summed E-state index contributed by atoms with van der Waals surface area (Å²) in [7, 11) is 0. The van der Waals surface area contributed by atoms with E-state index >= 15 is 0 Å². The molecule has 8 heteroatoms. The van der Waals surface area contributed by atoms with Gasteiger partial charge in [-0.1, -0.05) is 12.1 Å². The quantitative estimate of drug-likeness (QED) is 0.782. The predicted octanol–water partition coefficient (Wildman–Crippen LogP) is 2.89. The molecule has 2 saturated heterocycles. The van der Waals surface area contributed by atoms with Crippen LogP contribution in [-0.2, 0) is 9.59 Å². The zero-order chi connectivity index (χ0) is 22.3. The fourth-order valence-electron chi connectivity index (χ4n) is 5.54. The Morgan fingerprint density at radius 1 is 1.25 bits per heavy atom. The lowest BCUT2D eigenvalue weighted by atomic mass is 9.94. The summed E-state index contributed by atoms with van der Waals surface area (Å²) in [5, 5.41) is 7.07. The number of nitrogens with one attached hydrogen (secondary N) is 1. The van der Waals surface area contributed by atoms with E-state index in [0.29, 0.717) is 55.9 Å². The van der Waals surface area contributed by atoms with Crippen LogP contribution in [-0.4, -0.2) is 63.0 Å².